The summed E-state index contributed by atoms with van der Waals surface area (Å²) in [6.45, 7) is 0.640. The number of hydrogen-bond acceptors (Lipinski definition) is 3. The summed E-state index contributed by atoms with van der Waals surface area (Å²) in [5, 5.41) is 0. The standard InChI is InChI=1S/C11H14N4/c1-15-9(5-6-12)8-14-11(15)10-4-2-3-7-13-10/h2-4,7-8H,5-6,12H2,1H3. The van der Waals surface area contributed by atoms with E-state index >= 15 is 0 Å². The predicted octanol–water partition coefficient (Wildman–Crippen LogP) is 0.983. The maximum atomic E-state index is 5.52. The number of hydrogen-bond donors (Lipinski definition) is 1. The van der Waals surface area contributed by atoms with E-state index in [9.17, 15) is 0 Å². The molecular formula is C11H14N4. The lowest BCUT2D eigenvalue weighted by atomic mass is 10.3. The molecule has 0 saturated carbocycles. The third-order valence-corrected chi connectivity index (χ3v) is 2.38. The van der Waals surface area contributed by atoms with E-state index in [1.54, 1.807) is 6.20 Å². The summed E-state index contributed by atoms with van der Waals surface area (Å²) in [5.74, 6) is 0.888. The zero-order valence-electron chi connectivity index (χ0n) is 8.72. The monoisotopic (exact) mass is 202 g/mol. The summed E-state index contributed by atoms with van der Waals surface area (Å²) < 4.78 is 2.04. The second kappa shape index (κ2) is 4.23. The van der Waals surface area contributed by atoms with Crippen molar-refractivity contribution in [3.05, 3.63) is 36.3 Å². The van der Waals surface area contributed by atoms with Crippen molar-refractivity contribution in [1.29, 1.82) is 0 Å². The van der Waals surface area contributed by atoms with E-state index in [2.05, 4.69) is 9.97 Å². The van der Waals surface area contributed by atoms with Gasteiger partial charge in [-0.25, -0.2) is 4.98 Å². The van der Waals surface area contributed by atoms with Crippen LogP contribution in [-0.4, -0.2) is 21.1 Å². The van der Waals surface area contributed by atoms with Crippen molar-refractivity contribution in [2.24, 2.45) is 12.8 Å². The lowest BCUT2D eigenvalue weighted by molar-refractivity contribution is 0.808. The molecule has 0 aliphatic rings. The molecule has 2 rings (SSSR count). The second-order valence-electron chi connectivity index (χ2n) is 3.39. The molecule has 2 N–H and O–H groups in total. The normalized spacial score (nSPS) is 10.5. The van der Waals surface area contributed by atoms with Crippen LogP contribution in [0.5, 0.6) is 0 Å². The fourth-order valence-corrected chi connectivity index (χ4v) is 1.56. The maximum Gasteiger partial charge on any atom is 0.158 e. The van der Waals surface area contributed by atoms with Crippen LogP contribution < -0.4 is 5.73 Å². The largest absolute Gasteiger partial charge is 0.330 e. The third-order valence-electron chi connectivity index (χ3n) is 2.38. The summed E-state index contributed by atoms with van der Waals surface area (Å²) in [6.07, 6.45) is 4.47. The van der Waals surface area contributed by atoms with E-state index in [0.717, 1.165) is 23.6 Å². The zero-order valence-corrected chi connectivity index (χ0v) is 8.72. The van der Waals surface area contributed by atoms with Crippen LogP contribution in [0.3, 0.4) is 0 Å². The Kier molecular flexibility index (Phi) is 2.78. The molecule has 4 heteroatoms. The Labute approximate surface area is 88.8 Å². The van der Waals surface area contributed by atoms with Crippen molar-refractivity contribution in [1.82, 2.24) is 14.5 Å². The summed E-state index contributed by atoms with van der Waals surface area (Å²) in [4.78, 5) is 8.62. The molecule has 0 radical (unpaired) electrons. The van der Waals surface area contributed by atoms with Gasteiger partial charge in [-0.05, 0) is 18.7 Å². The molecule has 15 heavy (non-hydrogen) atoms. The Morgan fingerprint density at radius 3 is 2.87 bits per heavy atom. The Morgan fingerprint density at radius 1 is 1.33 bits per heavy atom. The topological polar surface area (TPSA) is 56.7 Å². The Bertz CT molecular complexity index is 433. The van der Waals surface area contributed by atoms with Gasteiger partial charge < -0.3 is 10.3 Å². The highest BCUT2D eigenvalue weighted by atomic mass is 15.1. The van der Waals surface area contributed by atoms with Gasteiger partial charge in [-0.2, -0.15) is 0 Å². The lowest BCUT2D eigenvalue weighted by Crippen LogP contribution is -2.07. The summed E-state index contributed by atoms with van der Waals surface area (Å²) in [5.41, 5.74) is 7.55. The minimum atomic E-state index is 0.640. The van der Waals surface area contributed by atoms with E-state index in [4.69, 9.17) is 5.73 Å². The number of rotatable bonds is 3. The van der Waals surface area contributed by atoms with Gasteiger partial charge >= 0.3 is 0 Å². The summed E-state index contributed by atoms with van der Waals surface area (Å²) in [7, 11) is 1.99. The van der Waals surface area contributed by atoms with E-state index in [0.29, 0.717) is 6.54 Å². The molecule has 0 atom stereocenters. The zero-order chi connectivity index (χ0) is 10.7. The smallest absolute Gasteiger partial charge is 0.158 e. The first-order valence-electron chi connectivity index (χ1n) is 4.95. The number of imidazole rings is 1. The van der Waals surface area contributed by atoms with Crippen LogP contribution in [0.1, 0.15) is 5.69 Å². The van der Waals surface area contributed by atoms with Gasteiger partial charge in [0.25, 0.3) is 0 Å². The third kappa shape index (κ3) is 1.89. The van der Waals surface area contributed by atoms with Crippen molar-refractivity contribution < 1.29 is 0 Å². The van der Waals surface area contributed by atoms with Gasteiger partial charge in [-0.15, -0.1) is 0 Å². The van der Waals surface area contributed by atoms with Crippen molar-refractivity contribution in [3.63, 3.8) is 0 Å². The Balaban J connectivity index is 2.38. The van der Waals surface area contributed by atoms with E-state index in [1.807, 2.05) is 36.0 Å². The molecule has 2 aromatic rings. The predicted molar refractivity (Wildman–Crippen MR) is 59.2 cm³/mol. The first kappa shape index (κ1) is 9.86. The minimum Gasteiger partial charge on any atom is -0.330 e. The lowest BCUT2D eigenvalue weighted by Gasteiger charge is -2.03. The molecule has 0 aliphatic heterocycles. The number of nitrogens with two attached hydrogens (primary N) is 1. The first-order valence-corrected chi connectivity index (χ1v) is 4.95. The van der Waals surface area contributed by atoms with Gasteiger partial charge in [-0.1, -0.05) is 6.07 Å². The van der Waals surface area contributed by atoms with Crippen molar-refractivity contribution in [2.75, 3.05) is 6.54 Å². The van der Waals surface area contributed by atoms with E-state index < -0.39 is 0 Å². The molecule has 0 saturated heterocycles. The van der Waals surface area contributed by atoms with Gasteiger partial charge in [0.05, 0.1) is 0 Å². The van der Waals surface area contributed by atoms with Crippen LogP contribution in [0.2, 0.25) is 0 Å². The molecular weight excluding hydrogens is 188 g/mol. The summed E-state index contributed by atoms with van der Waals surface area (Å²) >= 11 is 0. The molecule has 2 heterocycles. The quantitative estimate of drug-likeness (QED) is 0.807. The van der Waals surface area contributed by atoms with Crippen LogP contribution in [-0.2, 0) is 13.5 Å². The van der Waals surface area contributed by atoms with E-state index in [-0.39, 0.29) is 0 Å². The Hall–Kier alpha value is -1.68. The highest BCUT2D eigenvalue weighted by Gasteiger charge is 2.08. The highest BCUT2D eigenvalue weighted by Crippen LogP contribution is 2.15. The molecule has 78 valence electrons. The molecule has 2 aromatic heterocycles. The van der Waals surface area contributed by atoms with Gasteiger partial charge in [0.2, 0.25) is 0 Å². The molecule has 0 fully saturated rings. The molecule has 0 aromatic carbocycles. The Morgan fingerprint density at radius 2 is 2.20 bits per heavy atom. The van der Waals surface area contributed by atoms with Crippen molar-refractivity contribution >= 4 is 0 Å². The number of aromatic nitrogens is 3. The molecule has 0 amide bonds. The molecule has 0 unspecified atom stereocenters. The molecule has 0 spiro atoms. The summed E-state index contributed by atoms with van der Waals surface area (Å²) in [6, 6.07) is 5.81. The average Bonchev–Trinajstić information content (AvgIpc) is 2.63. The molecule has 0 aliphatic carbocycles. The van der Waals surface area contributed by atoms with Gasteiger partial charge in [0.1, 0.15) is 5.69 Å². The van der Waals surface area contributed by atoms with Crippen molar-refractivity contribution in [2.45, 2.75) is 6.42 Å². The highest BCUT2D eigenvalue weighted by molar-refractivity contribution is 5.49. The minimum absolute atomic E-state index is 0.640. The molecule has 0 bridgehead atoms. The number of pyridine rings is 1. The van der Waals surface area contributed by atoms with Crippen LogP contribution in [0.15, 0.2) is 30.6 Å². The number of nitrogens with zero attached hydrogens (tertiary/aromatic N) is 3. The SMILES string of the molecule is Cn1c(CCN)cnc1-c1ccccn1. The van der Waals surface area contributed by atoms with Crippen LogP contribution >= 0.6 is 0 Å². The maximum absolute atomic E-state index is 5.52. The second-order valence-corrected chi connectivity index (χ2v) is 3.39. The fourth-order valence-electron chi connectivity index (χ4n) is 1.56. The van der Waals surface area contributed by atoms with Gasteiger partial charge in [0.15, 0.2) is 5.82 Å². The van der Waals surface area contributed by atoms with Gasteiger partial charge in [-0.3, -0.25) is 4.98 Å². The average molecular weight is 202 g/mol. The van der Waals surface area contributed by atoms with Crippen LogP contribution in [0.4, 0.5) is 0 Å². The van der Waals surface area contributed by atoms with Crippen molar-refractivity contribution in [3.8, 4) is 11.5 Å². The van der Waals surface area contributed by atoms with Crippen LogP contribution in [0, 0.1) is 0 Å². The first-order chi connectivity index (χ1) is 7.33. The fraction of sp³-hybridized carbons (Fsp3) is 0.273. The molecule has 4 nitrogen and oxygen atoms in total. The van der Waals surface area contributed by atoms with E-state index in [1.165, 1.54) is 0 Å². The van der Waals surface area contributed by atoms with Crippen LogP contribution in [0.25, 0.3) is 11.5 Å². The van der Waals surface area contributed by atoms with Gasteiger partial charge in [0, 0.05) is 31.6 Å².